The number of amides is 1. The van der Waals surface area contributed by atoms with Crippen molar-refractivity contribution in [3.8, 4) is 17.6 Å². The topological polar surface area (TPSA) is 71.4 Å². The van der Waals surface area contributed by atoms with E-state index in [-0.39, 0.29) is 5.57 Å². The van der Waals surface area contributed by atoms with Crippen LogP contribution < -0.4 is 14.8 Å². The predicted molar refractivity (Wildman–Crippen MR) is 139 cm³/mol. The summed E-state index contributed by atoms with van der Waals surface area (Å²) in [5, 5.41) is 12.4. The van der Waals surface area contributed by atoms with Crippen molar-refractivity contribution >= 4 is 33.6 Å². The maximum atomic E-state index is 12.7. The fraction of sp³-hybridized carbons (Fsp3) is 0.143. The van der Waals surface area contributed by atoms with Crippen LogP contribution in [0.15, 0.2) is 83.4 Å². The number of para-hydroxylation sites is 1. The quantitative estimate of drug-likeness (QED) is 0.197. The van der Waals surface area contributed by atoms with Gasteiger partial charge < -0.3 is 14.8 Å². The second kappa shape index (κ2) is 11.9. The molecule has 0 aliphatic carbocycles. The van der Waals surface area contributed by atoms with Crippen LogP contribution in [0.4, 0.5) is 5.69 Å². The lowest BCUT2D eigenvalue weighted by Gasteiger charge is -2.16. The Morgan fingerprint density at radius 2 is 1.91 bits per heavy atom. The van der Waals surface area contributed by atoms with Crippen molar-refractivity contribution in [1.29, 1.82) is 5.26 Å². The molecule has 0 aliphatic heterocycles. The van der Waals surface area contributed by atoms with Gasteiger partial charge in [0.15, 0.2) is 11.5 Å². The van der Waals surface area contributed by atoms with E-state index < -0.39 is 5.91 Å². The van der Waals surface area contributed by atoms with Gasteiger partial charge in [0.2, 0.25) is 0 Å². The zero-order valence-corrected chi connectivity index (χ0v) is 20.7. The van der Waals surface area contributed by atoms with Gasteiger partial charge in [0, 0.05) is 15.7 Å². The van der Waals surface area contributed by atoms with E-state index in [2.05, 4.69) is 27.8 Å². The monoisotopic (exact) mass is 516 g/mol. The Hall–Kier alpha value is -3.82. The molecule has 0 radical (unpaired) electrons. The number of rotatable bonds is 9. The van der Waals surface area contributed by atoms with Crippen LogP contribution >= 0.6 is 15.9 Å². The number of nitrogens with one attached hydrogen (secondary N) is 1. The average Bonchev–Trinajstić information content (AvgIpc) is 2.84. The number of benzene rings is 3. The average molecular weight is 517 g/mol. The van der Waals surface area contributed by atoms with Crippen LogP contribution in [0, 0.1) is 18.3 Å². The Balaban J connectivity index is 1.90. The van der Waals surface area contributed by atoms with Gasteiger partial charge in [0.25, 0.3) is 5.91 Å². The number of methoxy groups -OCH3 is 1. The number of ether oxygens (including phenoxy) is 2. The van der Waals surface area contributed by atoms with E-state index in [0.29, 0.717) is 35.8 Å². The Morgan fingerprint density at radius 1 is 1.18 bits per heavy atom. The normalized spacial score (nSPS) is 10.8. The van der Waals surface area contributed by atoms with Gasteiger partial charge in [-0.2, -0.15) is 5.26 Å². The molecule has 0 fully saturated rings. The van der Waals surface area contributed by atoms with Crippen LogP contribution in [0.1, 0.15) is 22.3 Å². The fourth-order valence-electron chi connectivity index (χ4n) is 3.34. The highest BCUT2D eigenvalue weighted by atomic mass is 79.9. The molecule has 172 valence electrons. The molecule has 0 saturated carbocycles. The number of hydrogen-bond donors (Lipinski definition) is 1. The van der Waals surface area contributed by atoms with Gasteiger partial charge in [0.05, 0.1) is 7.11 Å². The molecule has 0 unspecified atom stereocenters. The number of nitriles is 1. The molecule has 0 atom stereocenters. The Morgan fingerprint density at radius 3 is 2.56 bits per heavy atom. The largest absolute Gasteiger partial charge is 0.493 e. The molecule has 1 N–H and O–H groups in total. The van der Waals surface area contributed by atoms with Crippen LogP contribution in [0.3, 0.4) is 0 Å². The van der Waals surface area contributed by atoms with E-state index in [0.717, 1.165) is 21.2 Å². The Kier molecular flexibility index (Phi) is 8.66. The van der Waals surface area contributed by atoms with Crippen molar-refractivity contribution in [2.75, 3.05) is 12.4 Å². The van der Waals surface area contributed by atoms with E-state index in [1.165, 1.54) is 0 Å². The highest BCUT2D eigenvalue weighted by molar-refractivity contribution is 9.10. The summed E-state index contributed by atoms with van der Waals surface area (Å²) in [6.07, 6.45) is 3.84. The minimum atomic E-state index is -0.475. The number of nitrogens with zero attached hydrogens (tertiary/aromatic N) is 1. The third-order valence-electron chi connectivity index (χ3n) is 5.10. The SMILES string of the molecule is C=CCc1cc(/C=C(/C#N)C(=O)Nc2ccccc2C)cc(OC)c1OCc1ccc(Br)cc1. The van der Waals surface area contributed by atoms with Crippen molar-refractivity contribution in [3.05, 3.63) is 106 Å². The maximum Gasteiger partial charge on any atom is 0.266 e. The van der Waals surface area contributed by atoms with E-state index in [1.807, 2.05) is 61.5 Å². The third-order valence-corrected chi connectivity index (χ3v) is 5.63. The molecule has 3 aromatic carbocycles. The van der Waals surface area contributed by atoms with Crippen molar-refractivity contribution < 1.29 is 14.3 Å². The minimum Gasteiger partial charge on any atom is -0.493 e. The number of allylic oxidation sites excluding steroid dienone is 1. The zero-order chi connectivity index (χ0) is 24.5. The molecule has 0 aliphatic rings. The summed E-state index contributed by atoms with van der Waals surface area (Å²) in [5.41, 5.74) is 4.07. The van der Waals surface area contributed by atoms with Crippen LogP contribution in [0.5, 0.6) is 11.5 Å². The maximum absolute atomic E-state index is 12.7. The molecule has 3 rings (SSSR count). The number of anilines is 1. The summed E-state index contributed by atoms with van der Waals surface area (Å²) in [5.74, 6) is 0.640. The lowest BCUT2D eigenvalue weighted by Crippen LogP contribution is -2.14. The second-order valence-corrected chi connectivity index (χ2v) is 8.47. The van der Waals surface area contributed by atoms with E-state index >= 15 is 0 Å². The molecule has 3 aromatic rings. The molecule has 6 heteroatoms. The van der Waals surface area contributed by atoms with Gasteiger partial charge in [0.1, 0.15) is 18.2 Å². The number of hydrogen-bond acceptors (Lipinski definition) is 4. The zero-order valence-electron chi connectivity index (χ0n) is 19.1. The Labute approximate surface area is 208 Å². The predicted octanol–water partition coefficient (Wildman–Crippen LogP) is 6.62. The first-order valence-electron chi connectivity index (χ1n) is 10.6. The molecule has 5 nitrogen and oxygen atoms in total. The van der Waals surface area contributed by atoms with Crippen molar-refractivity contribution in [1.82, 2.24) is 0 Å². The van der Waals surface area contributed by atoms with E-state index in [4.69, 9.17) is 9.47 Å². The fourth-order valence-corrected chi connectivity index (χ4v) is 3.61. The van der Waals surface area contributed by atoms with Crippen molar-refractivity contribution in [2.45, 2.75) is 20.0 Å². The van der Waals surface area contributed by atoms with Gasteiger partial charge in [-0.25, -0.2) is 0 Å². The van der Waals surface area contributed by atoms with Gasteiger partial charge in [-0.1, -0.05) is 52.3 Å². The lowest BCUT2D eigenvalue weighted by molar-refractivity contribution is -0.112. The summed E-state index contributed by atoms with van der Waals surface area (Å²) < 4.78 is 12.7. The molecule has 0 aromatic heterocycles. The summed E-state index contributed by atoms with van der Waals surface area (Å²) in [4.78, 5) is 12.7. The minimum absolute atomic E-state index is 0.0154. The molecule has 0 bridgehead atoms. The number of carbonyl (C=O) groups excluding carboxylic acids is 1. The van der Waals surface area contributed by atoms with Gasteiger partial charge in [-0.15, -0.1) is 6.58 Å². The van der Waals surface area contributed by atoms with Gasteiger partial charge in [-0.05, 0) is 66.4 Å². The number of carbonyl (C=O) groups is 1. The molecular weight excluding hydrogens is 492 g/mol. The van der Waals surface area contributed by atoms with Crippen LogP contribution in [-0.4, -0.2) is 13.0 Å². The number of aryl methyl sites for hydroxylation is 1. The first kappa shape index (κ1) is 24.8. The van der Waals surface area contributed by atoms with Crippen LogP contribution in [0.2, 0.25) is 0 Å². The standard InChI is InChI=1S/C28H25BrN2O3/c1-4-7-22-14-21(15-23(17-30)28(32)31-25-9-6-5-8-19(25)2)16-26(33-3)27(22)34-18-20-10-12-24(29)13-11-20/h4-6,8-16H,1,7,18H2,2-3H3,(H,31,32)/b23-15-. The molecule has 0 spiro atoms. The molecular formula is C28H25BrN2O3. The van der Waals surface area contributed by atoms with Crippen molar-refractivity contribution in [2.24, 2.45) is 0 Å². The number of halogens is 1. The Bertz CT molecular complexity index is 1260. The third kappa shape index (κ3) is 6.37. The first-order valence-corrected chi connectivity index (χ1v) is 11.4. The smallest absolute Gasteiger partial charge is 0.266 e. The lowest BCUT2D eigenvalue weighted by atomic mass is 10.0. The van der Waals surface area contributed by atoms with Crippen LogP contribution in [-0.2, 0) is 17.8 Å². The summed E-state index contributed by atoms with van der Waals surface area (Å²) in [6, 6.07) is 20.9. The van der Waals surface area contributed by atoms with Gasteiger partial charge in [-0.3, -0.25) is 4.79 Å². The molecule has 0 saturated heterocycles. The molecule has 0 heterocycles. The summed E-state index contributed by atoms with van der Waals surface area (Å²) in [7, 11) is 1.56. The van der Waals surface area contributed by atoms with Crippen molar-refractivity contribution in [3.63, 3.8) is 0 Å². The highest BCUT2D eigenvalue weighted by Crippen LogP contribution is 2.35. The van der Waals surface area contributed by atoms with E-state index in [1.54, 1.807) is 31.4 Å². The van der Waals surface area contributed by atoms with Gasteiger partial charge >= 0.3 is 0 Å². The molecule has 34 heavy (non-hydrogen) atoms. The summed E-state index contributed by atoms with van der Waals surface area (Å²) in [6.45, 7) is 6.10. The van der Waals surface area contributed by atoms with Crippen LogP contribution in [0.25, 0.3) is 6.08 Å². The molecule has 1 amide bonds. The van der Waals surface area contributed by atoms with E-state index in [9.17, 15) is 10.1 Å². The first-order chi connectivity index (χ1) is 16.4. The summed E-state index contributed by atoms with van der Waals surface area (Å²) >= 11 is 3.43. The second-order valence-electron chi connectivity index (χ2n) is 7.56. The highest BCUT2D eigenvalue weighted by Gasteiger charge is 2.15.